The van der Waals surface area contributed by atoms with Crippen LogP contribution in [0.3, 0.4) is 0 Å². The van der Waals surface area contributed by atoms with E-state index in [0.717, 1.165) is 93.4 Å². The lowest BCUT2D eigenvalue weighted by molar-refractivity contribution is 0.103. The van der Waals surface area contributed by atoms with Gasteiger partial charge < -0.3 is 41.4 Å². The molecule has 14 rings (SSSR count). The second-order valence-corrected chi connectivity index (χ2v) is 18.7. The molecule has 10 nitrogen and oxygen atoms in total. The molecule has 12 heteroatoms. The van der Waals surface area contributed by atoms with Crippen molar-refractivity contribution in [1.82, 2.24) is 20.6 Å². The standard InChI is InChI=1S/C13H12ClNO.C13H11NO.C12H13ClN2O.C12H12N2O/c14-6-8-7-15-11-5-12(16)9-3-1-2-4-10(9)13(8)11;15-11-5-12-13(6-8(13)7-14-12)10-4-2-1-3-9(10)11;1-6-4-15-12-9(16)2-8-11(10(6)12)7(3-13)5-14-8;1-6-4-14-11-8(15)2-9-12(10(6)11)3-7(12)5-13-9/h1-5,8,15-16H,6-7H2;1-5,8,14H,6-7H2;2,4,7,14-16H,3,5H2,1H3;2,4,7,13-14H,3,5H2,1H3/t8-;8-,13?;7-;7-,12?/m1111/s1. The fourth-order valence-corrected chi connectivity index (χ4v) is 12.1. The van der Waals surface area contributed by atoms with Gasteiger partial charge in [0.15, 0.2) is 5.78 Å². The Labute approximate surface area is 369 Å². The van der Waals surface area contributed by atoms with Gasteiger partial charge in [-0.15, -0.1) is 23.2 Å². The van der Waals surface area contributed by atoms with Gasteiger partial charge in [0.1, 0.15) is 11.5 Å². The van der Waals surface area contributed by atoms with Gasteiger partial charge in [-0.05, 0) is 77.3 Å². The van der Waals surface area contributed by atoms with E-state index in [9.17, 15) is 19.8 Å². The van der Waals surface area contributed by atoms with Crippen LogP contribution in [-0.4, -0.2) is 69.7 Å². The fourth-order valence-electron chi connectivity index (χ4n) is 11.6. The van der Waals surface area contributed by atoms with E-state index < -0.39 is 0 Å². The molecule has 8 aliphatic rings. The topological polar surface area (TPSA) is 154 Å². The Morgan fingerprint density at radius 2 is 1.26 bits per heavy atom. The van der Waals surface area contributed by atoms with Gasteiger partial charge in [0.2, 0.25) is 5.78 Å². The van der Waals surface area contributed by atoms with E-state index in [-0.39, 0.29) is 22.4 Å². The van der Waals surface area contributed by atoms with Crippen LogP contribution in [-0.2, 0) is 10.8 Å². The summed E-state index contributed by atoms with van der Waals surface area (Å²) < 4.78 is 0. The molecule has 4 fully saturated rings. The van der Waals surface area contributed by atoms with Crippen molar-refractivity contribution in [3.8, 4) is 11.5 Å². The molecule has 0 amide bonds. The molecule has 6 atom stereocenters. The second kappa shape index (κ2) is 14.4. The van der Waals surface area contributed by atoms with Crippen molar-refractivity contribution in [3.05, 3.63) is 141 Å². The number of fused-ring (bicyclic) bond motifs is 8. The van der Waals surface area contributed by atoms with Gasteiger partial charge in [0.25, 0.3) is 0 Å². The number of hydrogen-bond acceptors (Lipinski definition) is 8. The summed E-state index contributed by atoms with van der Waals surface area (Å²) in [4.78, 5) is 30.0. The molecule has 6 heterocycles. The lowest BCUT2D eigenvalue weighted by Gasteiger charge is -2.23. The number of halogens is 2. The van der Waals surface area contributed by atoms with Crippen LogP contribution < -0.4 is 21.3 Å². The third kappa shape index (κ3) is 5.68. The zero-order valence-electron chi connectivity index (χ0n) is 34.5. The van der Waals surface area contributed by atoms with Crippen LogP contribution in [0.5, 0.6) is 11.5 Å². The Morgan fingerprint density at radius 1 is 0.661 bits per heavy atom. The first-order chi connectivity index (χ1) is 30.1. The minimum Gasteiger partial charge on any atom is -0.507 e. The van der Waals surface area contributed by atoms with Crippen LogP contribution in [0.25, 0.3) is 21.7 Å². The molecule has 62 heavy (non-hydrogen) atoms. The summed E-state index contributed by atoms with van der Waals surface area (Å²) in [6.07, 6.45) is 9.90. The Bertz CT molecular complexity index is 2950. The van der Waals surface area contributed by atoms with Crippen molar-refractivity contribution in [1.29, 1.82) is 0 Å². The summed E-state index contributed by atoms with van der Waals surface area (Å²) >= 11 is 12.0. The summed E-state index contributed by atoms with van der Waals surface area (Å²) in [5.41, 5.74) is 14.7. The molecule has 0 radical (unpaired) electrons. The summed E-state index contributed by atoms with van der Waals surface area (Å²) in [5, 5.41) is 36.3. The fraction of sp³-hybridized carbons (Fsp3) is 0.320. The van der Waals surface area contributed by atoms with Gasteiger partial charge in [-0.25, -0.2) is 0 Å². The van der Waals surface area contributed by atoms with Crippen molar-refractivity contribution in [2.24, 2.45) is 11.8 Å². The van der Waals surface area contributed by atoms with Gasteiger partial charge in [0, 0.05) is 136 Å². The zero-order valence-corrected chi connectivity index (χ0v) is 36.0. The average Bonchev–Trinajstić information content (AvgIpc) is 3.63. The number of carbonyl (C=O) groups excluding carboxylic acids is 2. The number of phenolic OH excluding ortho intramolecular Hbond substituents is 2. The number of hydrogen-bond donors (Lipinski definition) is 8. The Hall–Kier alpha value is -5.84. The zero-order chi connectivity index (χ0) is 42.7. The van der Waals surface area contributed by atoms with Gasteiger partial charge in [-0.2, -0.15) is 0 Å². The van der Waals surface area contributed by atoms with Crippen molar-refractivity contribution in [2.45, 2.75) is 49.4 Å². The summed E-state index contributed by atoms with van der Waals surface area (Å²) in [5.74, 6) is 4.21. The molecule has 4 aliphatic heterocycles. The number of anilines is 2. The number of allylic oxidation sites excluding steroid dienone is 4. The highest BCUT2D eigenvalue weighted by Gasteiger charge is 2.65. The van der Waals surface area contributed by atoms with Gasteiger partial charge in [-0.3, -0.25) is 9.59 Å². The number of benzene rings is 4. The normalized spacial score (nSPS) is 26.5. The Kier molecular flexibility index (Phi) is 9.04. The number of nitrogens with one attached hydrogen (secondary N) is 6. The molecule has 4 aromatic carbocycles. The lowest BCUT2D eigenvalue weighted by Crippen LogP contribution is -2.25. The number of aryl methyl sites for hydroxylation is 2. The Morgan fingerprint density at radius 3 is 1.98 bits per heavy atom. The highest BCUT2D eigenvalue weighted by atomic mass is 35.5. The molecule has 0 bridgehead atoms. The van der Waals surface area contributed by atoms with E-state index in [1.54, 1.807) is 24.3 Å². The third-order valence-corrected chi connectivity index (χ3v) is 15.5. The lowest BCUT2D eigenvalue weighted by atomic mass is 9.82. The molecule has 316 valence electrons. The van der Waals surface area contributed by atoms with Crippen LogP contribution >= 0.6 is 23.2 Å². The van der Waals surface area contributed by atoms with Gasteiger partial charge >= 0.3 is 0 Å². The first-order valence-electron chi connectivity index (χ1n) is 21.6. The van der Waals surface area contributed by atoms with Crippen LogP contribution in [0, 0.1) is 25.7 Å². The molecular formula is C50H48Cl2N6O4. The number of H-pyrrole nitrogens is 2. The smallest absolute Gasteiger partial charge is 0.204 e. The summed E-state index contributed by atoms with van der Waals surface area (Å²) in [7, 11) is 0. The molecule has 2 saturated heterocycles. The van der Waals surface area contributed by atoms with E-state index in [0.29, 0.717) is 41.0 Å². The quantitative estimate of drug-likeness (QED) is 0.0803. The van der Waals surface area contributed by atoms with Crippen molar-refractivity contribution in [2.75, 3.05) is 48.6 Å². The minimum atomic E-state index is 0.124. The van der Waals surface area contributed by atoms with E-state index in [1.807, 2.05) is 61.8 Å². The number of aromatic hydroxyl groups is 2. The maximum atomic E-state index is 11.9. The molecule has 2 unspecified atom stereocenters. The molecule has 2 saturated carbocycles. The van der Waals surface area contributed by atoms with Crippen molar-refractivity contribution < 1.29 is 19.8 Å². The molecule has 6 aromatic rings. The number of alkyl halides is 2. The predicted molar refractivity (Wildman–Crippen MR) is 247 cm³/mol. The number of carbonyl (C=O) groups is 2. The molecule has 2 aromatic heterocycles. The van der Waals surface area contributed by atoms with E-state index in [1.165, 1.54) is 40.7 Å². The Balaban J connectivity index is 0.0000000929. The number of aromatic amines is 2. The van der Waals surface area contributed by atoms with Crippen LogP contribution in [0.1, 0.15) is 78.9 Å². The highest BCUT2D eigenvalue weighted by Crippen LogP contribution is 2.65. The number of ketones is 2. The molecule has 2 spiro atoms. The maximum Gasteiger partial charge on any atom is 0.204 e. The van der Waals surface area contributed by atoms with E-state index >= 15 is 0 Å². The number of phenols is 2. The van der Waals surface area contributed by atoms with Crippen LogP contribution in [0.15, 0.2) is 96.6 Å². The predicted octanol–water partition coefficient (Wildman–Crippen LogP) is 9.12. The third-order valence-electron chi connectivity index (χ3n) is 14.7. The first kappa shape index (κ1) is 39.0. The van der Waals surface area contributed by atoms with Crippen molar-refractivity contribution >= 4 is 67.8 Å². The highest BCUT2D eigenvalue weighted by molar-refractivity contribution is 6.19. The van der Waals surface area contributed by atoms with Gasteiger partial charge in [-0.1, -0.05) is 48.5 Å². The molecular weight excluding hydrogens is 819 g/mol. The second-order valence-electron chi connectivity index (χ2n) is 18.1. The number of aromatic nitrogens is 2. The van der Waals surface area contributed by atoms with E-state index in [4.69, 9.17) is 23.2 Å². The monoisotopic (exact) mass is 866 g/mol. The van der Waals surface area contributed by atoms with E-state index in [2.05, 4.69) is 44.2 Å². The van der Waals surface area contributed by atoms with Crippen LogP contribution in [0.2, 0.25) is 0 Å². The SMILES string of the molecule is Cc1c[nH]c2c(O)cc3c(c12)[C@H](CCl)CN3.Cc1c[nH]c2c1C13C[C@@H]1CNC3=CC2=O.O=C1C=C2NC[C@H]3CC23c2ccccc21.Oc1cc2c(c3ccccc13)[C@H](CCl)CN2. The maximum absolute atomic E-state index is 11.9. The van der Waals surface area contributed by atoms with Crippen LogP contribution in [0.4, 0.5) is 11.4 Å². The molecule has 4 aliphatic carbocycles. The largest absolute Gasteiger partial charge is 0.507 e. The average molecular weight is 868 g/mol. The van der Waals surface area contributed by atoms with Crippen molar-refractivity contribution in [3.63, 3.8) is 0 Å². The number of piperidine rings is 2. The summed E-state index contributed by atoms with van der Waals surface area (Å²) in [6.45, 7) is 7.90. The number of rotatable bonds is 2. The summed E-state index contributed by atoms with van der Waals surface area (Å²) in [6, 6.07) is 19.5. The molecule has 8 N–H and O–H groups in total. The minimum absolute atomic E-state index is 0.124. The van der Waals surface area contributed by atoms with Gasteiger partial charge in [0.05, 0.1) is 11.2 Å². The first-order valence-corrected chi connectivity index (χ1v) is 22.6.